The van der Waals surface area contributed by atoms with Gasteiger partial charge in [0.15, 0.2) is 0 Å². The molecule has 0 radical (unpaired) electrons. The van der Waals surface area contributed by atoms with E-state index in [4.69, 9.17) is 0 Å². The van der Waals surface area contributed by atoms with Gasteiger partial charge in [0.25, 0.3) is 0 Å². The molecule has 1 rings (SSSR count). The first kappa shape index (κ1) is 13.0. The number of rotatable bonds is 7. The van der Waals surface area contributed by atoms with Gasteiger partial charge < -0.3 is 0 Å². The van der Waals surface area contributed by atoms with Gasteiger partial charge in [0.05, 0.1) is 0 Å². The summed E-state index contributed by atoms with van der Waals surface area (Å²) >= 11 is 0. The predicted octanol–water partition coefficient (Wildman–Crippen LogP) is 5.32. The number of hydrogen-bond acceptors (Lipinski definition) is 0. The first-order chi connectivity index (χ1) is 7.84. The van der Waals surface area contributed by atoms with Crippen LogP contribution in [-0.2, 0) is 0 Å². The fourth-order valence-corrected chi connectivity index (χ4v) is 1.86. The largest absolute Gasteiger partial charge is 0.0879 e. The van der Waals surface area contributed by atoms with E-state index < -0.39 is 0 Å². The second kappa shape index (κ2) is 8.15. The molecular weight excluding hydrogens is 192 g/mol. The molecule has 0 heteroatoms. The normalized spacial score (nSPS) is 13.1. The number of unbranched alkanes of at least 4 members (excludes halogenated alkanes) is 4. The van der Waals surface area contributed by atoms with Crippen molar-refractivity contribution in [2.45, 2.75) is 51.9 Å². The zero-order chi connectivity index (χ0) is 11.6. The lowest BCUT2D eigenvalue weighted by molar-refractivity contribution is 0.673. The second-order valence-electron chi connectivity index (χ2n) is 4.48. The molecule has 0 aliphatic rings. The Morgan fingerprint density at radius 3 is 2.50 bits per heavy atom. The van der Waals surface area contributed by atoms with E-state index in [1.165, 1.54) is 37.7 Å². The number of benzene rings is 1. The summed E-state index contributed by atoms with van der Waals surface area (Å²) in [5, 5.41) is 0. The van der Waals surface area contributed by atoms with Gasteiger partial charge in [-0.2, -0.15) is 0 Å². The highest BCUT2D eigenvalue weighted by Gasteiger charge is 1.98. The molecule has 0 heterocycles. The van der Waals surface area contributed by atoms with Crippen LogP contribution in [0.5, 0.6) is 0 Å². The molecule has 1 unspecified atom stereocenters. The summed E-state index contributed by atoms with van der Waals surface area (Å²) in [5.41, 5.74) is 1.41. The van der Waals surface area contributed by atoms with Crippen LogP contribution in [-0.4, -0.2) is 0 Å². The molecule has 0 aromatic heterocycles. The molecule has 0 nitrogen and oxygen atoms in total. The van der Waals surface area contributed by atoms with E-state index in [1.807, 2.05) is 0 Å². The van der Waals surface area contributed by atoms with Gasteiger partial charge in [0.2, 0.25) is 0 Å². The summed E-state index contributed by atoms with van der Waals surface area (Å²) in [6.07, 6.45) is 11.3. The van der Waals surface area contributed by atoms with Crippen molar-refractivity contribution in [1.82, 2.24) is 0 Å². The molecule has 0 aliphatic carbocycles. The summed E-state index contributed by atoms with van der Waals surface area (Å²) in [5.74, 6) is 0.548. The molecule has 0 amide bonds. The van der Waals surface area contributed by atoms with Crippen molar-refractivity contribution in [3.63, 3.8) is 0 Å². The zero-order valence-corrected chi connectivity index (χ0v) is 10.7. The molecule has 0 fully saturated rings. The highest BCUT2D eigenvalue weighted by Crippen LogP contribution is 2.16. The third-order valence-corrected chi connectivity index (χ3v) is 2.97. The minimum absolute atomic E-state index is 0.548. The summed E-state index contributed by atoms with van der Waals surface area (Å²) in [7, 11) is 0. The molecule has 0 N–H and O–H groups in total. The van der Waals surface area contributed by atoms with Crippen molar-refractivity contribution >= 4 is 0 Å². The highest BCUT2D eigenvalue weighted by molar-refractivity contribution is 5.22. The molecule has 0 aliphatic heterocycles. The molecule has 16 heavy (non-hydrogen) atoms. The topological polar surface area (TPSA) is 0 Å². The third kappa shape index (κ3) is 5.16. The third-order valence-electron chi connectivity index (χ3n) is 2.97. The first-order valence-electron chi connectivity index (χ1n) is 6.56. The average molecular weight is 216 g/mol. The Morgan fingerprint density at radius 1 is 1.06 bits per heavy atom. The Labute approximate surface area is 100 Å². The Bertz CT molecular complexity index is 284. The van der Waals surface area contributed by atoms with Crippen LogP contribution < -0.4 is 0 Å². The van der Waals surface area contributed by atoms with Crippen LogP contribution >= 0.6 is 0 Å². The van der Waals surface area contributed by atoms with E-state index in [0.29, 0.717) is 5.92 Å². The average Bonchev–Trinajstić information content (AvgIpc) is 2.34. The van der Waals surface area contributed by atoms with Crippen LogP contribution in [0, 0.1) is 0 Å². The Hall–Kier alpha value is -1.04. The lowest BCUT2D eigenvalue weighted by atomic mass is 10.0. The van der Waals surface area contributed by atoms with Crippen LogP contribution in [0.4, 0.5) is 0 Å². The second-order valence-corrected chi connectivity index (χ2v) is 4.48. The van der Waals surface area contributed by atoms with Crippen LogP contribution in [0.25, 0.3) is 0 Å². The fraction of sp³-hybridized carbons (Fsp3) is 0.500. The van der Waals surface area contributed by atoms with Crippen molar-refractivity contribution < 1.29 is 0 Å². The first-order valence-corrected chi connectivity index (χ1v) is 6.56. The van der Waals surface area contributed by atoms with Gasteiger partial charge in [-0.1, -0.05) is 75.6 Å². The molecule has 1 aromatic rings. The van der Waals surface area contributed by atoms with Crippen LogP contribution in [0.2, 0.25) is 0 Å². The van der Waals surface area contributed by atoms with E-state index in [1.54, 1.807) is 0 Å². The molecular formula is C16H24. The maximum Gasteiger partial charge on any atom is -0.00104 e. The van der Waals surface area contributed by atoms with E-state index in [9.17, 15) is 0 Å². The van der Waals surface area contributed by atoms with Crippen molar-refractivity contribution in [2.75, 3.05) is 0 Å². The summed E-state index contributed by atoms with van der Waals surface area (Å²) in [4.78, 5) is 0. The molecule has 0 bridgehead atoms. The van der Waals surface area contributed by atoms with Gasteiger partial charge in [0, 0.05) is 0 Å². The lowest BCUT2D eigenvalue weighted by Gasteiger charge is -2.05. The molecule has 1 atom stereocenters. The van der Waals surface area contributed by atoms with Gasteiger partial charge in [-0.15, -0.1) is 0 Å². The maximum absolute atomic E-state index is 2.34. The standard InChI is InChI=1S/C16H24/c1-3-4-5-6-7-9-12-15(2)16-13-10-8-11-14-16/h8-15H,3-7H2,1-2H3/b12-9-. The van der Waals surface area contributed by atoms with Crippen molar-refractivity contribution in [3.05, 3.63) is 48.0 Å². The molecule has 0 saturated heterocycles. The van der Waals surface area contributed by atoms with Gasteiger partial charge in [-0.25, -0.2) is 0 Å². The minimum Gasteiger partial charge on any atom is -0.0879 e. The van der Waals surface area contributed by atoms with Gasteiger partial charge >= 0.3 is 0 Å². The van der Waals surface area contributed by atoms with E-state index in [-0.39, 0.29) is 0 Å². The molecule has 0 saturated carbocycles. The van der Waals surface area contributed by atoms with Crippen molar-refractivity contribution in [3.8, 4) is 0 Å². The monoisotopic (exact) mass is 216 g/mol. The summed E-state index contributed by atoms with van der Waals surface area (Å²) in [6, 6.07) is 10.7. The van der Waals surface area contributed by atoms with Crippen LogP contribution in [0.3, 0.4) is 0 Å². The summed E-state index contributed by atoms with van der Waals surface area (Å²) < 4.78 is 0. The molecule has 1 aromatic carbocycles. The Balaban J connectivity index is 2.24. The Morgan fingerprint density at radius 2 is 1.81 bits per heavy atom. The van der Waals surface area contributed by atoms with Crippen LogP contribution in [0.1, 0.15) is 57.4 Å². The van der Waals surface area contributed by atoms with E-state index >= 15 is 0 Å². The minimum atomic E-state index is 0.548. The fourth-order valence-electron chi connectivity index (χ4n) is 1.86. The zero-order valence-electron chi connectivity index (χ0n) is 10.7. The Kier molecular flexibility index (Phi) is 6.64. The smallest absolute Gasteiger partial charge is 0.00104 e. The van der Waals surface area contributed by atoms with Crippen molar-refractivity contribution in [2.24, 2.45) is 0 Å². The van der Waals surface area contributed by atoms with E-state index in [0.717, 1.165) is 0 Å². The number of allylic oxidation sites excluding steroid dienone is 2. The lowest BCUT2D eigenvalue weighted by Crippen LogP contribution is -1.87. The van der Waals surface area contributed by atoms with E-state index in [2.05, 4.69) is 56.3 Å². The quantitative estimate of drug-likeness (QED) is 0.427. The van der Waals surface area contributed by atoms with Crippen LogP contribution in [0.15, 0.2) is 42.5 Å². The predicted molar refractivity (Wildman–Crippen MR) is 72.8 cm³/mol. The molecule has 88 valence electrons. The summed E-state index contributed by atoms with van der Waals surface area (Å²) in [6.45, 7) is 4.52. The van der Waals surface area contributed by atoms with Gasteiger partial charge in [0.1, 0.15) is 0 Å². The highest BCUT2D eigenvalue weighted by atomic mass is 14.0. The maximum atomic E-state index is 2.34. The molecule has 0 spiro atoms. The van der Waals surface area contributed by atoms with Crippen molar-refractivity contribution in [1.29, 1.82) is 0 Å². The number of hydrogen-bond donors (Lipinski definition) is 0. The van der Waals surface area contributed by atoms with Gasteiger partial charge in [-0.3, -0.25) is 0 Å². The van der Waals surface area contributed by atoms with Gasteiger partial charge in [-0.05, 0) is 24.3 Å². The SMILES string of the molecule is CCCCCC/C=C\C(C)c1ccccc1.